The minimum absolute atomic E-state index is 0.00481. The van der Waals surface area contributed by atoms with Crippen LogP contribution in [0.4, 0.5) is 0 Å². The molecule has 0 aliphatic heterocycles. The Balaban J connectivity index is 2.37. The fourth-order valence-corrected chi connectivity index (χ4v) is 1.53. The van der Waals surface area contributed by atoms with Gasteiger partial charge in [-0.05, 0) is 18.6 Å². The van der Waals surface area contributed by atoms with Crippen LogP contribution < -0.4 is 5.69 Å². The molecule has 0 aliphatic carbocycles. The van der Waals surface area contributed by atoms with Gasteiger partial charge in [0.15, 0.2) is 0 Å². The van der Waals surface area contributed by atoms with Crippen molar-refractivity contribution in [1.29, 1.82) is 0 Å². The van der Waals surface area contributed by atoms with Crippen molar-refractivity contribution in [3.63, 3.8) is 0 Å². The largest absolute Gasteiger partial charge is 0.506 e. The molecule has 0 radical (unpaired) electrons. The Morgan fingerprint density at radius 2 is 2.12 bits per heavy atom. The predicted octanol–water partition coefficient (Wildman–Crippen LogP) is 0.191. The van der Waals surface area contributed by atoms with Crippen LogP contribution >= 0.6 is 0 Å². The van der Waals surface area contributed by atoms with E-state index in [0.29, 0.717) is 24.4 Å². The third-order valence-electron chi connectivity index (χ3n) is 2.35. The number of aliphatic hydroxyl groups excluding tert-OH is 1. The van der Waals surface area contributed by atoms with Crippen molar-refractivity contribution < 1.29 is 10.2 Å². The first kappa shape index (κ1) is 11.4. The molecule has 0 amide bonds. The van der Waals surface area contributed by atoms with Crippen LogP contribution in [0.2, 0.25) is 0 Å². The number of aliphatic hydroxyl groups is 1. The summed E-state index contributed by atoms with van der Waals surface area (Å²) in [6.07, 6.45) is 1.03. The summed E-state index contributed by atoms with van der Waals surface area (Å²) in [5.74, 6) is 0.488. The van der Waals surface area contributed by atoms with Gasteiger partial charge in [-0.2, -0.15) is 4.68 Å². The molecule has 6 nitrogen and oxygen atoms in total. The lowest BCUT2D eigenvalue weighted by Gasteiger charge is -2.01. The molecule has 17 heavy (non-hydrogen) atoms. The highest BCUT2D eigenvalue weighted by Crippen LogP contribution is 2.17. The van der Waals surface area contributed by atoms with Gasteiger partial charge in [0, 0.05) is 13.0 Å². The van der Waals surface area contributed by atoms with E-state index in [2.05, 4.69) is 10.1 Å². The van der Waals surface area contributed by atoms with Crippen LogP contribution in [0.15, 0.2) is 29.1 Å². The number of nitrogens with zero attached hydrogens (tertiary/aromatic N) is 2. The summed E-state index contributed by atoms with van der Waals surface area (Å²) >= 11 is 0. The van der Waals surface area contributed by atoms with Crippen molar-refractivity contribution >= 4 is 0 Å². The van der Waals surface area contributed by atoms with Crippen LogP contribution in [-0.4, -0.2) is 31.6 Å². The van der Waals surface area contributed by atoms with Crippen molar-refractivity contribution in [3.05, 3.63) is 40.6 Å². The first-order chi connectivity index (χ1) is 8.22. The third kappa shape index (κ3) is 2.36. The second kappa shape index (κ2) is 4.84. The molecule has 0 unspecified atom stereocenters. The first-order valence-electron chi connectivity index (χ1n) is 5.30. The Labute approximate surface area is 97.2 Å². The monoisotopic (exact) mass is 235 g/mol. The number of rotatable bonds is 4. The smallest absolute Gasteiger partial charge is 0.348 e. The Hall–Kier alpha value is -2.08. The number of aromatic nitrogens is 3. The molecular formula is C11H13N3O3. The second-order valence-electron chi connectivity index (χ2n) is 3.60. The van der Waals surface area contributed by atoms with Gasteiger partial charge in [0.1, 0.15) is 17.3 Å². The van der Waals surface area contributed by atoms with Gasteiger partial charge < -0.3 is 10.2 Å². The van der Waals surface area contributed by atoms with Crippen LogP contribution in [0.5, 0.6) is 5.75 Å². The van der Waals surface area contributed by atoms with E-state index in [1.807, 2.05) is 0 Å². The number of hydrogen-bond acceptors (Lipinski definition) is 4. The molecule has 1 aromatic carbocycles. The zero-order valence-electron chi connectivity index (χ0n) is 9.13. The summed E-state index contributed by atoms with van der Waals surface area (Å²) in [6, 6.07) is 6.48. The molecule has 0 fully saturated rings. The predicted molar refractivity (Wildman–Crippen MR) is 61.3 cm³/mol. The Bertz CT molecular complexity index is 559. The van der Waals surface area contributed by atoms with Crippen LogP contribution in [0, 0.1) is 0 Å². The van der Waals surface area contributed by atoms with E-state index in [0.717, 1.165) is 4.68 Å². The topological polar surface area (TPSA) is 91.1 Å². The minimum atomic E-state index is -0.403. The zero-order chi connectivity index (χ0) is 12.3. The lowest BCUT2D eigenvalue weighted by molar-refractivity contribution is 0.287. The van der Waals surface area contributed by atoms with Crippen LogP contribution in [-0.2, 0) is 6.42 Å². The van der Waals surface area contributed by atoms with E-state index in [1.165, 1.54) is 6.07 Å². The van der Waals surface area contributed by atoms with Gasteiger partial charge in [-0.15, -0.1) is 5.10 Å². The standard InChI is InChI=1S/C11H13N3O3/c15-7-3-6-10-12-11(17)14(13-10)8-4-1-2-5-9(8)16/h1-2,4-5,15-16H,3,6-7H2,(H,12,13,17). The lowest BCUT2D eigenvalue weighted by Crippen LogP contribution is -2.15. The molecular weight excluding hydrogens is 222 g/mol. The number of hydrogen-bond donors (Lipinski definition) is 3. The quantitative estimate of drug-likeness (QED) is 0.705. The Kier molecular flexibility index (Phi) is 3.24. The number of phenolic OH excluding ortho intramolecular Hbond substituents is 1. The third-order valence-corrected chi connectivity index (χ3v) is 2.35. The Morgan fingerprint density at radius 1 is 1.35 bits per heavy atom. The first-order valence-corrected chi connectivity index (χ1v) is 5.30. The van der Waals surface area contributed by atoms with Gasteiger partial charge in [0.2, 0.25) is 0 Å². The molecule has 2 aromatic rings. The maximum Gasteiger partial charge on any atom is 0.348 e. The highest BCUT2D eigenvalue weighted by molar-refractivity contribution is 5.44. The van der Waals surface area contributed by atoms with Crippen LogP contribution in [0.3, 0.4) is 0 Å². The maximum atomic E-state index is 11.6. The lowest BCUT2D eigenvalue weighted by atomic mass is 10.3. The number of aromatic amines is 1. The number of H-pyrrole nitrogens is 1. The van der Waals surface area contributed by atoms with Crippen molar-refractivity contribution in [2.75, 3.05) is 6.61 Å². The molecule has 90 valence electrons. The average molecular weight is 235 g/mol. The number of benzene rings is 1. The van der Waals surface area contributed by atoms with Crippen molar-refractivity contribution in [3.8, 4) is 11.4 Å². The average Bonchev–Trinajstić information content (AvgIpc) is 2.68. The van der Waals surface area contributed by atoms with Gasteiger partial charge >= 0.3 is 5.69 Å². The number of aryl methyl sites for hydroxylation is 1. The van der Waals surface area contributed by atoms with E-state index < -0.39 is 5.69 Å². The summed E-state index contributed by atoms with van der Waals surface area (Å²) in [4.78, 5) is 14.2. The molecule has 0 bridgehead atoms. The number of nitrogens with one attached hydrogen (secondary N) is 1. The van der Waals surface area contributed by atoms with Crippen molar-refractivity contribution in [2.24, 2.45) is 0 Å². The molecule has 6 heteroatoms. The molecule has 1 aromatic heterocycles. The molecule has 0 atom stereocenters. The summed E-state index contributed by atoms with van der Waals surface area (Å²) < 4.78 is 1.11. The minimum Gasteiger partial charge on any atom is -0.506 e. The van der Waals surface area contributed by atoms with E-state index in [4.69, 9.17) is 5.11 Å². The van der Waals surface area contributed by atoms with Crippen LogP contribution in [0.25, 0.3) is 5.69 Å². The van der Waals surface area contributed by atoms with E-state index in [-0.39, 0.29) is 12.4 Å². The summed E-state index contributed by atoms with van der Waals surface area (Å²) in [5.41, 5.74) is -0.0663. The number of phenols is 1. The highest BCUT2D eigenvalue weighted by atomic mass is 16.3. The molecule has 0 saturated carbocycles. The normalized spacial score (nSPS) is 10.6. The molecule has 2 rings (SSSR count). The van der Waals surface area contributed by atoms with E-state index >= 15 is 0 Å². The van der Waals surface area contributed by atoms with Crippen molar-refractivity contribution in [1.82, 2.24) is 14.8 Å². The summed E-state index contributed by atoms with van der Waals surface area (Å²) in [7, 11) is 0. The van der Waals surface area contributed by atoms with E-state index in [1.54, 1.807) is 18.2 Å². The molecule has 0 saturated heterocycles. The summed E-state index contributed by atoms with van der Waals surface area (Å²) in [6.45, 7) is 0.0471. The second-order valence-corrected chi connectivity index (χ2v) is 3.60. The maximum absolute atomic E-state index is 11.6. The molecule has 3 N–H and O–H groups in total. The number of para-hydroxylation sites is 2. The van der Waals surface area contributed by atoms with Gasteiger partial charge in [0.25, 0.3) is 0 Å². The van der Waals surface area contributed by atoms with E-state index in [9.17, 15) is 9.90 Å². The summed E-state index contributed by atoms with van der Waals surface area (Å²) in [5, 5.41) is 22.4. The zero-order valence-corrected chi connectivity index (χ0v) is 9.13. The van der Waals surface area contributed by atoms with Crippen molar-refractivity contribution in [2.45, 2.75) is 12.8 Å². The SMILES string of the molecule is O=c1[nH]c(CCCO)nn1-c1ccccc1O. The van der Waals surface area contributed by atoms with Gasteiger partial charge in [-0.25, -0.2) is 4.79 Å². The van der Waals surface area contributed by atoms with Gasteiger partial charge in [0.05, 0.1) is 0 Å². The van der Waals surface area contributed by atoms with Crippen LogP contribution in [0.1, 0.15) is 12.2 Å². The Morgan fingerprint density at radius 3 is 2.82 bits per heavy atom. The highest BCUT2D eigenvalue weighted by Gasteiger charge is 2.09. The molecule has 0 aliphatic rings. The van der Waals surface area contributed by atoms with Gasteiger partial charge in [-0.3, -0.25) is 4.98 Å². The fourth-order valence-electron chi connectivity index (χ4n) is 1.53. The van der Waals surface area contributed by atoms with Gasteiger partial charge in [-0.1, -0.05) is 12.1 Å². The molecule has 0 spiro atoms. The fraction of sp³-hybridized carbons (Fsp3) is 0.273. The number of aromatic hydroxyl groups is 1. The molecule has 1 heterocycles.